The number of hydrogen-bond acceptors (Lipinski definition) is 2. The van der Waals surface area contributed by atoms with E-state index in [1.54, 1.807) is 11.8 Å². The van der Waals surface area contributed by atoms with Gasteiger partial charge in [0, 0.05) is 8.48 Å². The Bertz CT molecular complexity index is 351. The molecule has 100 valence electrons. The first-order chi connectivity index (χ1) is 8.74. The number of unbranched alkanes of at least 4 members (excludes halogenated alkanes) is 3. The van der Waals surface area contributed by atoms with Crippen LogP contribution in [0.5, 0.6) is 0 Å². The van der Waals surface area contributed by atoms with Gasteiger partial charge in [-0.05, 0) is 46.6 Å². The normalized spacial score (nSPS) is 13.6. The summed E-state index contributed by atoms with van der Waals surface area (Å²) in [4.78, 5) is 1.21. The number of rotatable bonds is 8. The molecule has 0 saturated heterocycles. The molecule has 1 aromatic carbocycles. The van der Waals surface area contributed by atoms with Gasteiger partial charge in [-0.3, -0.25) is 0 Å². The number of thioether (sulfide) groups is 1. The van der Waals surface area contributed by atoms with Gasteiger partial charge in [-0.25, -0.2) is 0 Å². The molecule has 1 rings (SSSR count). The summed E-state index contributed by atoms with van der Waals surface area (Å²) in [7, 11) is 0. The molecule has 0 aliphatic carbocycles. The van der Waals surface area contributed by atoms with Gasteiger partial charge >= 0.3 is 0 Å². The molecule has 18 heavy (non-hydrogen) atoms. The molecule has 0 aliphatic heterocycles. The van der Waals surface area contributed by atoms with Gasteiger partial charge in [0.2, 0.25) is 0 Å². The van der Waals surface area contributed by atoms with Crippen LogP contribution in [0.25, 0.3) is 0 Å². The molecular formula is C15H21IOS. The molecule has 0 spiro atoms. The SMILES string of the molecule is CCCCCCC(O)/C(I)=C\Sc1ccccc1. The second kappa shape index (κ2) is 9.87. The number of aliphatic hydroxyl groups excluding tert-OH is 1. The van der Waals surface area contributed by atoms with Crippen LogP contribution in [-0.2, 0) is 0 Å². The van der Waals surface area contributed by atoms with Crippen LogP contribution in [0.3, 0.4) is 0 Å². The molecule has 0 aromatic heterocycles. The second-order valence-electron chi connectivity index (χ2n) is 4.30. The minimum absolute atomic E-state index is 0.293. The summed E-state index contributed by atoms with van der Waals surface area (Å²) < 4.78 is 1.04. The number of hydrogen-bond donors (Lipinski definition) is 1. The third-order valence-electron chi connectivity index (χ3n) is 2.70. The van der Waals surface area contributed by atoms with Crippen LogP contribution in [0, 0.1) is 0 Å². The van der Waals surface area contributed by atoms with Crippen molar-refractivity contribution in [3.8, 4) is 0 Å². The van der Waals surface area contributed by atoms with Crippen LogP contribution < -0.4 is 0 Å². The first-order valence-electron chi connectivity index (χ1n) is 6.49. The number of aliphatic hydroxyl groups is 1. The van der Waals surface area contributed by atoms with Gasteiger partial charge in [0.25, 0.3) is 0 Å². The van der Waals surface area contributed by atoms with Crippen LogP contribution in [0.15, 0.2) is 44.2 Å². The molecule has 0 saturated carbocycles. The maximum atomic E-state index is 10.0. The average Bonchev–Trinajstić information content (AvgIpc) is 2.42. The minimum Gasteiger partial charge on any atom is -0.388 e. The quantitative estimate of drug-likeness (QED) is 0.373. The van der Waals surface area contributed by atoms with Crippen molar-refractivity contribution in [2.24, 2.45) is 0 Å². The highest BCUT2D eigenvalue weighted by atomic mass is 127. The highest BCUT2D eigenvalue weighted by molar-refractivity contribution is 14.1. The summed E-state index contributed by atoms with van der Waals surface area (Å²) in [5.41, 5.74) is 0. The Morgan fingerprint density at radius 2 is 2.00 bits per heavy atom. The molecule has 1 nitrogen and oxygen atoms in total. The first kappa shape index (κ1) is 16.1. The van der Waals surface area contributed by atoms with E-state index < -0.39 is 0 Å². The monoisotopic (exact) mass is 376 g/mol. The van der Waals surface area contributed by atoms with E-state index in [0.29, 0.717) is 0 Å². The Labute approximate surface area is 128 Å². The summed E-state index contributed by atoms with van der Waals surface area (Å²) in [5.74, 6) is 0. The van der Waals surface area contributed by atoms with Gasteiger partial charge in [0.1, 0.15) is 0 Å². The third kappa shape index (κ3) is 6.81. The molecule has 3 heteroatoms. The molecule has 1 atom stereocenters. The Kier molecular flexibility index (Phi) is 8.80. The fourth-order valence-electron chi connectivity index (χ4n) is 1.60. The highest BCUT2D eigenvalue weighted by Gasteiger charge is 2.07. The van der Waals surface area contributed by atoms with Crippen molar-refractivity contribution < 1.29 is 5.11 Å². The average molecular weight is 376 g/mol. The molecule has 1 N–H and O–H groups in total. The Balaban J connectivity index is 2.31. The van der Waals surface area contributed by atoms with Crippen LogP contribution >= 0.6 is 34.4 Å². The van der Waals surface area contributed by atoms with Crippen molar-refractivity contribution in [3.05, 3.63) is 39.3 Å². The standard InChI is InChI=1S/C15H21IOS/c1-2-3-4-8-11-15(17)14(16)12-18-13-9-6-5-7-10-13/h5-7,9-10,12,15,17H,2-4,8,11H2,1H3/b14-12+. The van der Waals surface area contributed by atoms with Crippen molar-refractivity contribution in [2.75, 3.05) is 0 Å². The molecule has 0 heterocycles. The second-order valence-corrected chi connectivity index (χ2v) is 6.49. The molecule has 1 unspecified atom stereocenters. The predicted octanol–water partition coefficient (Wildman–Crippen LogP) is 5.39. The summed E-state index contributed by atoms with van der Waals surface area (Å²) in [5, 5.41) is 12.1. The lowest BCUT2D eigenvalue weighted by molar-refractivity contribution is 0.206. The van der Waals surface area contributed by atoms with E-state index in [0.717, 1.165) is 16.4 Å². The van der Waals surface area contributed by atoms with Gasteiger partial charge in [-0.15, -0.1) is 0 Å². The largest absolute Gasteiger partial charge is 0.388 e. The van der Waals surface area contributed by atoms with Gasteiger partial charge < -0.3 is 5.11 Å². The topological polar surface area (TPSA) is 20.2 Å². The fourth-order valence-corrected chi connectivity index (χ4v) is 3.02. The fraction of sp³-hybridized carbons (Fsp3) is 0.467. The molecule has 0 radical (unpaired) electrons. The zero-order chi connectivity index (χ0) is 13.2. The van der Waals surface area contributed by atoms with Crippen LogP contribution in [-0.4, -0.2) is 11.2 Å². The van der Waals surface area contributed by atoms with Crippen LogP contribution in [0.4, 0.5) is 0 Å². The van der Waals surface area contributed by atoms with E-state index >= 15 is 0 Å². The van der Waals surface area contributed by atoms with Gasteiger partial charge in [-0.1, -0.05) is 62.6 Å². The van der Waals surface area contributed by atoms with Crippen molar-refractivity contribution in [2.45, 2.75) is 50.0 Å². The van der Waals surface area contributed by atoms with E-state index in [4.69, 9.17) is 0 Å². The maximum absolute atomic E-state index is 10.0. The third-order valence-corrected chi connectivity index (χ3v) is 5.07. The van der Waals surface area contributed by atoms with E-state index in [1.807, 2.05) is 18.2 Å². The molecule has 0 bridgehead atoms. The molecule has 1 aromatic rings. The zero-order valence-corrected chi connectivity index (χ0v) is 13.8. The Morgan fingerprint density at radius 1 is 1.28 bits per heavy atom. The summed E-state index contributed by atoms with van der Waals surface area (Å²) in [6, 6.07) is 10.2. The Hall–Kier alpha value is -0.000000000000000111. The minimum atomic E-state index is -0.293. The Morgan fingerprint density at radius 3 is 2.67 bits per heavy atom. The van der Waals surface area contributed by atoms with Crippen LogP contribution in [0.1, 0.15) is 39.0 Å². The van der Waals surface area contributed by atoms with Gasteiger partial charge in [0.05, 0.1) is 6.10 Å². The lowest BCUT2D eigenvalue weighted by Gasteiger charge is -2.09. The lowest BCUT2D eigenvalue weighted by atomic mass is 10.1. The molecule has 0 amide bonds. The molecule has 0 fully saturated rings. The zero-order valence-electron chi connectivity index (χ0n) is 10.8. The lowest BCUT2D eigenvalue weighted by Crippen LogP contribution is -2.05. The van der Waals surface area contributed by atoms with Crippen molar-refractivity contribution in [1.29, 1.82) is 0 Å². The summed E-state index contributed by atoms with van der Waals surface area (Å²) in [6.07, 6.45) is 5.44. The van der Waals surface area contributed by atoms with Gasteiger partial charge in [0.15, 0.2) is 0 Å². The maximum Gasteiger partial charge on any atom is 0.0851 e. The van der Waals surface area contributed by atoms with E-state index in [-0.39, 0.29) is 6.10 Å². The molecule has 0 aliphatic rings. The van der Waals surface area contributed by atoms with Crippen LogP contribution in [0.2, 0.25) is 0 Å². The van der Waals surface area contributed by atoms with Crippen molar-refractivity contribution in [1.82, 2.24) is 0 Å². The molecular weight excluding hydrogens is 355 g/mol. The summed E-state index contributed by atoms with van der Waals surface area (Å²) in [6.45, 7) is 2.20. The number of benzene rings is 1. The van der Waals surface area contributed by atoms with Crippen molar-refractivity contribution >= 4 is 34.4 Å². The highest BCUT2D eigenvalue weighted by Crippen LogP contribution is 2.26. The first-order valence-corrected chi connectivity index (χ1v) is 8.45. The predicted molar refractivity (Wildman–Crippen MR) is 89.2 cm³/mol. The smallest absolute Gasteiger partial charge is 0.0851 e. The van der Waals surface area contributed by atoms with E-state index in [9.17, 15) is 5.11 Å². The van der Waals surface area contributed by atoms with E-state index in [2.05, 4.69) is 47.1 Å². The number of halogens is 1. The van der Waals surface area contributed by atoms with Crippen molar-refractivity contribution in [3.63, 3.8) is 0 Å². The summed E-state index contributed by atoms with van der Waals surface area (Å²) >= 11 is 3.92. The van der Waals surface area contributed by atoms with Gasteiger partial charge in [-0.2, -0.15) is 0 Å². The van der Waals surface area contributed by atoms with E-state index in [1.165, 1.54) is 24.2 Å².